The summed E-state index contributed by atoms with van der Waals surface area (Å²) in [6.45, 7) is 2.78. The maximum absolute atomic E-state index is 9.97. The molecule has 2 unspecified atom stereocenters. The van der Waals surface area contributed by atoms with E-state index in [4.69, 9.17) is 0 Å². The van der Waals surface area contributed by atoms with Crippen LogP contribution in [0.1, 0.15) is 24.5 Å². The molecular weight excluding hydrogens is 200 g/mol. The molecule has 0 aliphatic carbocycles. The maximum atomic E-state index is 9.97. The van der Waals surface area contributed by atoms with Crippen LogP contribution >= 0.6 is 0 Å². The zero-order chi connectivity index (χ0) is 11.2. The molecule has 1 aliphatic heterocycles. The Balaban J connectivity index is 1.77. The van der Waals surface area contributed by atoms with Crippen molar-refractivity contribution in [3.8, 4) is 0 Å². The largest absolute Gasteiger partial charge is 0.387 e. The number of hydrogen-bond donors (Lipinski definition) is 3. The number of aliphatic hydroxyl groups excluding tert-OH is 1. The van der Waals surface area contributed by atoms with E-state index in [-0.39, 0.29) is 0 Å². The van der Waals surface area contributed by atoms with Gasteiger partial charge in [-0.3, -0.25) is 0 Å². The second-order valence-electron chi connectivity index (χ2n) is 4.38. The van der Waals surface area contributed by atoms with Crippen LogP contribution < -0.4 is 10.6 Å². The number of aliphatic hydroxyl groups is 1. The fourth-order valence-corrected chi connectivity index (χ4v) is 2.10. The minimum atomic E-state index is -0.400. The lowest BCUT2D eigenvalue weighted by atomic mass is 10.1. The molecule has 1 aromatic carbocycles. The van der Waals surface area contributed by atoms with Gasteiger partial charge in [0.05, 0.1) is 6.10 Å². The molecule has 0 aromatic heterocycles. The van der Waals surface area contributed by atoms with E-state index < -0.39 is 6.10 Å². The predicted molar refractivity (Wildman–Crippen MR) is 65.3 cm³/mol. The first-order chi connectivity index (χ1) is 7.86. The van der Waals surface area contributed by atoms with E-state index in [0.717, 1.165) is 18.7 Å². The van der Waals surface area contributed by atoms with E-state index >= 15 is 0 Å². The first kappa shape index (κ1) is 11.6. The zero-order valence-corrected chi connectivity index (χ0v) is 9.52. The third-order valence-corrected chi connectivity index (χ3v) is 3.08. The van der Waals surface area contributed by atoms with Crippen molar-refractivity contribution in [3.05, 3.63) is 35.9 Å². The highest BCUT2D eigenvalue weighted by Crippen LogP contribution is 2.11. The minimum Gasteiger partial charge on any atom is -0.387 e. The van der Waals surface area contributed by atoms with Crippen molar-refractivity contribution < 1.29 is 5.11 Å². The van der Waals surface area contributed by atoms with Gasteiger partial charge < -0.3 is 15.7 Å². The van der Waals surface area contributed by atoms with Gasteiger partial charge in [0, 0.05) is 19.1 Å². The van der Waals surface area contributed by atoms with Crippen molar-refractivity contribution in [3.63, 3.8) is 0 Å². The van der Waals surface area contributed by atoms with Gasteiger partial charge in [-0.1, -0.05) is 30.3 Å². The van der Waals surface area contributed by atoms with Crippen molar-refractivity contribution in [2.45, 2.75) is 25.0 Å². The van der Waals surface area contributed by atoms with Crippen LogP contribution in [0.4, 0.5) is 0 Å². The molecule has 3 N–H and O–H groups in total. The van der Waals surface area contributed by atoms with Crippen molar-refractivity contribution in [2.24, 2.45) is 0 Å². The highest BCUT2D eigenvalue weighted by molar-refractivity contribution is 5.17. The number of rotatable bonds is 4. The van der Waals surface area contributed by atoms with Gasteiger partial charge >= 0.3 is 0 Å². The van der Waals surface area contributed by atoms with Crippen LogP contribution in [-0.4, -0.2) is 30.8 Å². The van der Waals surface area contributed by atoms with Crippen LogP contribution in [0, 0.1) is 0 Å². The summed E-state index contributed by atoms with van der Waals surface area (Å²) < 4.78 is 0. The van der Waals surface area contributed by atoms with E-state index in [1.807, 2.05) is 30.3 Å². The monoisotopic (exact) mass is 220 g/mol. The van der Waals surface area contributed by atoms with Crippen LogP contribution in [0.15, 0.2) is 30.3 Å². The average Bonchev–Trinajstić information content (AvgIpc) is 2.38. The molecule has 0 saturated carbocycles. The maximum Gasteiger partial charge on any atom is 0.0914 e. The number of hydrogen-bond acceptors (Lipinski definition) is 3. The van der Waals surface area contributed by atoms with Crippen molar-refractivity contribution in [1.29, 1.82) is 0 Å². The molecule has 0 radical (unpaired) electrons. The Morgan fingerprint density at radius 1 is 1.38 bits per heavy atom. The number of nitrogens with one attached hydrogen (secondary N) is 2. The average molecular weight is 220 g/mol. The van der Waals surface area contributed by atoms with Crippen molar-refractivity contribution in [1.82, 2.24) is 10.6 Å². The Hall–Kier alpha value is -0.900. The molecule has 3 heteroatoms. The van der Waals surface area contributed by atoms with Gasteiger partial charge in [0.1, 0.15) is 0 Å². The fraction of sp³-hybridized carbons (Fsp3) is 0.538. The molecule has 16 heavy (non-hydrogen) atoms. The summed E-state index contributed by atoms with van der Waals surface area (Å²) in [5, 5.41) is 16.7. The highest BCUT2D eigenvalue weighted by atomic mass is 16.3. The van der Waals surface area contributed by atoms with E-state index in [2.05, 4.69) is 10.6 Å². The van der Waals surface area contributed by atoms with Crippen LogP contribution in [0.5, 0.6) is 0 Å². The van der Waals surface area contributed by atoms with E-state index in [9.17, 15) is 5.11 Å². The smallest absolute Gasteiger partial charge is 0.0914 e. The Labute approximate surface area is 96.9 Å². The SMILES string of the molecule is OC(CNC1CCCNC1)c1ccccc1. The van der Waals surface area contributed by atoms with Gasteiger partial charge in [-0.15, -0.1) is 0 Å². The van der Waals surface area contributed by atoms with Gasteiger partial charge in [0.15, 0.2) is 0 Å². The third-order valence-electron chi connectivity index (χ3n) is 3.08. The second-order valence-corrected chi connectivity index (χ2v) is 4.38. The normalized spacial score (nSPS) is 22.9. The summed E-state index contributed by atoms with van der Waals surface area (Å²) in [7, 11) is 0. The van der Waals surface area contributed by atoms with Crippen LogP contribution in [0.3, 0.4) is 0 Å². The summed E-state index contributed by atoms with van der Waals surface area (Å²) in [5.74, 6) is 0. The molecule has 2 atom stereocenters. The molecule has 3 nitrogen and oxygen atoms in total. The molecule has 0 amide bonds. The quantitative estimate of drug-likeness (QED) is 0.711. The van der Waals surface area contributed by atoms with Gasteiger partial charge in [0.2, 0.25) is 0 Å². The molecular formula is C13H20N2O. The first-order valence-corrected chi connectivity index (χ1v) is 6.03. The predicted octanol–water partition coefficient (Wildman–Crippen LogP) is 1.06. The summed E-state index contributed by atoms with van der Waals surface area (Å²) in [4.78, 5) is 0. The van der Waals surface area contributed by atoms with E-state index in [1.54, 1.807) is 0 Å². The summed E-state index contributed by atoms with van der Waals surface area (Å²) >= 11 is 0. The number of benzene rings is 1. The van der Waals surface area contributed by atoms with Gasteiger partial charge in [-0.05, 0) is 24.9 Å². The molecule has 88 valence electrons. The molecule has 1 saturated heterocycles. The molecule has 1 heterocycles. The Morgan fingerprint density at radius 3 is 2.88 bits per heavy atom. The first-order valence-electron chi connectivity index (χ1n) is 6.03. The molecule has 1 aliphatic rings. The topological polar surface area (TPSA) is 44.3 Å². The Morgan fingerprint density at radius 2 is 2.19 bits per heavy atom. The van der Waals surface area contributed by atoms with Crippen LogP contribution in [0.2, 0.25) is 0 Å². The zero-order valence-electron chi connectivity index (χ0n) is 9.52. The minimum absolute atomic E-state index is 0.400. The molecule has 2 rings (SSSR count). The Bertz CT molecular complexity index is 296. The van der Waals surface area contributed by atoms with Crippen LogP contribution in [-0.2, 0) is 0 Å². The van der Waals surface area contributed by atoms with Gasteiger partial charge in [0.25, 0.3) is 0 Å². The lowest BCUT2D eigenvalue weighted by molar-refractivity contribution is 0.167. The molecule has 1 fully saturated rings. The van der Waals surface area contributed by atoms with E-state index in [1.165, 1.54) is 12.8 Å². The van der Waals surface area contributed by atoms with Gasteiger partial charge in [-0.2, -0.15) is 0 Å². The summed E-state index contributed by atoms with van der Waals surface area (Å²) in [6, 6.07) is 10.3. The van der Waals surface area contributed by atoms with Crippen LogP contribution in [0.25, 0.3) is 0 Å². The van der Waals surface area contributed by atoms with Crippen molar-refractivity contribution in [2.75, 3.05) is 19.6 Å². The standard InChI is InChI=1S/C13H20N2O/c16-13(11-5-2-1-3-6-11)10-15-12-7-4-8-14-9-12/h1-3,5-6,12-16H,4,7-10H2. The molecule has 1 aromatic rings. The summed E-state index contributed by atoms with van der Waals surface area (Å²) in [5.41, 5.74) is 0.985. The molecule has 0 spiro atoms. The fourth-order valence-electron chi connectivity index (χ4n) is 2.10. The second kappa shape index (κ2) is 5.99. The summed E-state index contributed by atoms with van der Waals surface area (Å²) in [6.07, 6.45) is 2.02. The van der Waals surface area contributed by atoms with E-state index in [0.29, 0.717) is 12.6 Å². The third kappa shape index (κ3) is 3.30. The lowest BCUT2D eigenvalue weighted by Crippen LogP contribution is -2.44. The molecule has 0 bridgehead atoms. The number of piperidine rings is 1. The van der Waals surface area contributed by atoms with Gasteiger partial charge in [-0.25, -0.2) is 0 Å². The Kier molecular flexibility index (Phi) is 4.34. The lowest BCUT2D eigenvalue weighted by Gasteiger charge is -2.25. The highest BCUT2D eigenvalue weighted by Gasteiger charge is 2.14. The van der Waals surface area contributed by atoms with Crippen molar-refractivity contribution >= 4 is 0 Å².